The number of aromatic nitrogens is 2. The van der Waals surface area contributed by atoms with E-state index in [9.17, 15) is 13.2 Å². The van der Waals surface area contributed by atoms with E-state index in [1.807, 2.05) is 12.1 Å². The number of benzene rings is 1. The lowest BCUT2D eigenvalue weighted by atomic mass is 10.2. The minimum absolute atomic E-state index is 0.0469. The number of thiazole rings is 1. The topological polar surface area (TPSA) is 127 Å². The number of H-pyrrole nitrogens is 1. The third kappa shape index (κ3) is 3.71. The van der Waals surface area contributed by atoms with E-state index in [1.165, 1.54) is 36.6 Å². The summed E-state index contributed by atoms with van der Waals surface area (Å²) < 4.78 is 28.1. The fourth-order valence-corrected chi connectivity index (χ4v) is 3.40. The average molecular weight is 378 g/mol. The van der Waals surface area contributed by atoms with Crippen LogP contribution < -0.4 is 15.2 Å². The van der Waals surface area contributed by atoms with Crippen LogP contribution in [0.3, 0.4) is 0 Å². The van der Waals surface area contributed by atoms with Gasteiger partial charge in [0.25, 0.3) is 5.91 Å². The van der Waals surface area contributed by atoms with Crippen LogP contribution in [0.4, 0.5) is 5.13 Å². The first-order valence-corrected chi connectivity index (χ1v) is 9.42. The Balaban J connectivity index is 1.88. The van der Waals surface area contributed by atoms with E-state index in [1.54, 1.807) is 11.6 Å². The molecule has 0 aliphatic heterocycles. The Hall–Kier alpha value is -2.69. The van der Waals surface area contributed by atoms with E-state index in [0.29, 0.717) is 10.8 Å². The Kier molecular flexibility index (Phi) is 4.57. The van der Waals surface area contributed by atoms with Gasteiger partial charge in [-0.3, -0.25) is 10.1 Å². The monoisotopic (exact) mass is 378 g/mol. The second-order valence-corrected chi connectivity index (χ2v) is 7.40. The predicted molar refractivity (Wildman–Crippen MR) is 94.2 cm³/mol. The molecule has 0 saturated heterocycles. The van der Waals surface area contributed by atoms with Gasteiger partial charge in [-0.15, -0.1) is 11.3 Å². The zero-order valence-electron chi connectivity index (χ0n) is 13.0. The first kappa shape index (κ1) is 17.1. The second kappa shape index (κ2) is 6.67. The summed E-state index contributed by atoms with van der Waals surface area (Å²) >= 11 is 1.25. The van der Waals surface area contributed by atoms with Crippen LogP contribution in [-0.2, 0) is 10.0 Å². The number of hydrogen-bond acceptors (Lipinski definition) is 6. The van der Waals surface area contributed by atoms with E-state index in [-0.39, 0.29) is 16.2 Å². The molecule has 0 bridgehead atoms. The molecule has 130 valence electrons. The molecular formula is C15H14N4O4S2. The Labute approximate surface area is 147 Å². The van der Waals surface area contributed by atoms with Crippen molar-refractivity contribution in [1.29, 1.82) is 0 Å². The molecule has 0 unspecified atom stereocenters. The standard InChI is InChI=1S/C15H14N4O4S2/c1-23-13-5-4-9(25(16,21)22)7-10(13)14(20)19-15-18-12(8-24-15)11-3-2-6-17-11/h2-8,17H,1H3,(H2,16,21,22)(H,18,19,20). The second-order valence-electron chi connectivity index (χ2n) is 4.98. The van der Waals surface area contributed by atoms with Gasteiger partial charge in [-0.2, -0.15) is 0 Å². The number of rotatable bonds is 5. The highest BCUT2D eigenvalue weighted by atomic mass is 32.2. The van der Waals surface area contributed by atoms with Crippen LogP contribution in [0.15, 0.2) is 46.8 Å². The molecule has 1 amide bonds. The number of ether oxygens (including phenoxy) is 1. The number of carbonyl (C=O) groups excluding carboxylic acids is 1. The van der Waals surface area contributed by atoms with Crippen molar-refractivity contribution in [1.82, 2.24) is 9.97 Å². The Bertz CT molecular complexity index is 1010. The van der Waals surface area contributed by atoms with E-state index in [2.05, 4.69) is 15.3 Å². The van der Waals surface area contributed by atoms with Crippen LogP contribution in [0.5, 0.6) is 5.75 Å². The summed E-state index contributed by atoms with van der Waals surface area (Å²) in [6.45, 7) is 0. The summed E-state index contributed by atoms with van der Waals surface area (Å²) in [4.78, 5) is 19.7. The van der Waals surface area contributed by atoms with E-state index < -0.39 is 15.9 Å². The lowest BCUT2D eigenvalue weighted by Crippen LogP contribution is -2.16. The van der Waals surface area contributed by atoms with Crippen molar-refractivity contribution in [3.05, 3.63) is 47.5 Å². The fourth-order valence-electron chi connectivity index (χ4n) is 2.15. The normalized spacial score (nSPS) is 11.3. The Morgan fingerprint density at radius 2 is 2.16 bits per heavy atom. The van der Waals surface area contributed by atoms with Crippen LogP contribution in [0.2, 0.25) is 0 Å². The average Bonchev–Trinajstić information content (AvgIpc) is 3.24. The SMILES string of the molecule is COc1ccc(S(N)(=O)=O)cc1C(=O)Nc1nc(-c2ccc[nH]2)cs1. The molecule has 0 aliphatic rings. The third-order valence-corrected chi connectivity index (χ3v) is 5.01. The maximum atomic E-state index is 12.5. The summed E-state index contributed by atoms with van der Waals surface area (Å²) in [5, 5.41) is 9.91. The van der Waals surface area contributed by atoms with Gasteiger partial charge < -0.3 is 9.72 Å². The largest absolute Gasteiger partial charge is 0.496 e. The van der Waals surface area contributed by atoms with Crippen LogP contribution in [0.25, 0.3) is 11.4 Å². The molecule has 3 rings (SSSR count). The Morgan fingerprint density at radius 3 is 2.80 bits per heavy atom. The number of amides is 1. The van der Waals surface area contributed by atoms with E-state index in [4.69, 9.17) is 9.88 Å². The van der Waals surface area contributed by atoms with Crippen molar-refractivity contribution in [2.24, 2.45) is 5.14 Å². The Morgan fingerprint density at radius 1 is 1.36 bits per heavy atom. The quantitative estimate of drug-likeness (QED) is 0.626. The van der Waals surface area contributed by atoms with Gasteiger partial charge in [-0.05, 0) is 30.3 Å². The number of nitrogens with one attached hydrogen (secondary N) is 2. The van der Waals surface area contributed by atoms with Crippen LogP contribution in [0.1, 0.15) is 10.4 Å². The smallest absolute Gasteiger partial charge is 0.261 e. The number of anilines is 1. The molecule has 25 heavy (non-hydrogen) atoms. The molecule has 10 heteroatoms. The van der Waals surface area contributed by atoms with Gasteiger partial charge in [-0.1, -0.05) is 0 Å². The zero-order chi connectivity index (χ0) is 18.0. The highest BCUT2D eigenvalue weighted by molar-refractivity contribution is 7.89. The third-order valence-electron chi connectivity index (χ3n) is 3.34. The van der Waals surface area contributed by atoms with Gasteiger partial charge in [0, 0.05) is 11.6 Å². The number of primary sulfonamides is 1. The van der Waals surface area contributed by atoms with Gasteiger partial charge in [0.2, 0.25) is 10.0 Å². The van der Waals surface area contributed by atoms with Gasteiger partial charge in [-0.25, -0.2) is 18.5 Å². The predicted octanol–water partition coefficient (Wildman–Crippen LogP) is 2.05. The van der Waals surface area contributed by atoms with Crippen molar-refractivity contribution in [3.8, 4) is 17.1 Å². The maximum Gasteiger partial charge on any atom is 0.261 e. The lowest BCUT2D eigenvalue weighted by Gasteiger charge is -2.09. The number of sulfonamides is 1. The molecule has 2 heterocycles. The van der Waals surface area contributed by atoms with Crippen molar-refractivity contribution in [2.45, 2.75) is 4.90 Å². The fraction of sp³-hybridized carbons (Fsp3) is 0.0667. The minimum atomic E-state index is -3.93. The first-order valence-electron chi connectivity index (χ1n) is 7.00. The number of methoxy groups -OCH3 is 1. The lowest BCUT2D eigenvalue weighted by molar-refractivity contribution is 0.102. The van der Waals surface area contributed by atoms with Crippen molar-refractivity contribution >= 4 is 32.4 Å². The molecule has 4 N–H and O–H groups in total. The summed E-state index contributed by atoms with van der Waals surface area (Å²) in [7, 11) is -2.55. The summed E-state index contributed by atoms with van der Waals surface area (Å²) in [6.07, 6.45) is 1.77. The highest BCUT2D eigenvalue weighted by Crippen LogP contribution is 2.26. The van der Waals surface area contributed by atoms with Gasteiger partial charge in [0.15, 0.2) is 5.13 Å². The molecule has 1 aromatic carbocycles. The zero-order valence-corrected chi connectivity index (χ0v) is 14.6. The number of nitrogens with two attached hydrogens (primary N) is 1. The molecule has 3 aromatic rings. The van der Waals surface area contributed by atoms with Crippen LogP contribution in [0, 0.1) is 0 Å². The van der Waals surface area contributed by atoms with E-state index in [0.717, 1.165) is 5.69 Å². The molecule has 8 nitrogen and oxygen atoms in total. The van der Waals surface area contributed by atoms with E-state index >= 15 is 0 Å². The number of nitrogens with zero attached hydrogens (tertiary/aromatic N) is 1. The molecule has 0 saturated carbocycles. The van der Waals surface area contributed by atoms with Gasteiger partial charge in [0.05, 0.1) is 29.0 Å². The summed E-state index contributed by atoms with van der Waals surface area (Å²) in [6, 6.07) is 7.53. The van der Waals surface area contributed by atoms with Gasteiger partial charge in [0.1, 0.15) is 5.75 Å². The van der Waals surface area contributed by atoms with Crippen molar-refractivity contribution in [3.63, 3.8) is 0 Å². The van der Waals surface area contributed by atoms with Crippen LogP contribution in [-0.4, -0.2) is 31.4 Å². The van der Waals surface area contributed by atoms with Crippen LogP contribution >= 0.6 is 11.3 Å². The molecule has 0 radical (unpaired) electrons. The molecule has 2 aromatic heterocycles. The highest BCUT2D eigenvalue weighted by Gasteiger charge is 2.18. The molecule has 0 fully saturated rings. The number of hydrogen-bond donors (Lipinski definition) is 3. The maximum absolute atomic E-state index is 12.5. The molecule has 0 atom stereocenters. The molecular weight excluding hydrogens is 364 g/mol. The summed E-state index contributed by atoms with van der Waals surface area (Å²) in [5.41, 5.74) is 1.56. The molecule has 0 aliphatic carbocycles. The number of carbonyl (C=O) groups is 1. The number of aromatic amines is 1. The van der Waals surface area contributed by atoms with Crippen molar-refractivity contribution < 1.29 is 17.9 Å². The molecule has 0 spiro atoms. The summed E-state index contributed by atoms with van der Waals surface area (Å²) in [5.74, 6) is -0.319. The first-order chi connectivity index (χ1) is 11.9. The van der Waals surface area contributed by atoms with Gasteiger partial charge >= 0.3 is 0 Å². The minimum Gasteiger partial charge on any atom is -0.496 e. The van der Waals surface area contributed by atoms with Crippen molar-refractivity contribution in [2.75, 3.05) is 12.4 Å².